The lowest BCUT2D eigenvalue weighted by molar-refractivity contribution is -0.138. The van der Waals surface area contributed by atoms with Crippen molar-refractivity contribution in [3.05, 3.63) is 71.0 Å². The summed E-state index contributed by atoms with van der Waals surface area (Å²) < 4.78 is 39.5. The Balaban J connectivity index is 2.33. The van der Waals surface area contributed by atoms with Gasteiger partial charge >= 0.3 is 5.97 Å². The van der Waals surface area contributed by atoms with Gasteiger partial charge in [0.2, 0.25) is 0 Å². The second-order valence-electron chi connectivity index (χ2n) is 4.39. The van der Waals surface area contributed by atoms with Gasteiger partial charge in [-0.15, -0.1) is 0 Å². The first-order chi connectivity index (χ1) is 9.47. The fraction of sp³-hybridized carbons (Fsp3) is 0.133. The number of hydrogen-bond acceptors (Lipinski definition) is 1. The summed E-state index contributed by atoms with van der Waals surface area (Å²) in [6.45, 7) is 0. The predicted molar refractivity (Wildman–Crippen MR) is 66.8 cm³/mol. The van der Waals surface area contributed by atoms with Crippen LogP contribution in [0.15, 0.2) is 42.5 Å². The molecule has 0 heterocycles. The third-order valence-electron chi connectivity index (χ3n) is 2.99. The minimum atomic E-state index is -1.20. The van der Waals surface area contributed by atoms with Crippen LogP contribution in [-0.4, -0.2) is 11.1 Å². The second-order valence-corrected chi connectivity index (χ2v) is 4.39. The minimum Gasteiger partial charge on any atom is -0.481 e. The third kappa shape index (κ3) is 3.17. The van der Waals surface area contributed by atoms with Crippen molar-refractivity contribution in [1.29, 1.82) is 0 Å². The van der Waals surface area contributed by atoms with Crippen molar-refractivity contribution in [2.45, 2.75) is 12.3 Å². The molecule has 1 N–H and O–H groups in total. The molecule has 0 aliphatic heterocycles. The largest absolute Gasteiger partial charge is 0.481 e. The van der Waals surface area contributed by atoms with Crippen LogP contribution >= 0.6 is 0 Å². The number of carboxylic acid groups (broad SMARTS) is 1. The van der Waals surface area contributed by atoms with Gasteiger partial charge in [0, 0.05) is 6.07 Å². The van der Waals surface area contributed by atoms with E-state index in [9.17, 15) is 23.1 Å². The van der Waals surface area contributed by atoms with Crippen molar-refractivity contribution < 1.29 is 23.1 Å². The molecular formula is C15H11F3O2. The molecule has 1 unspecified atom stereocenters. The average Bonchev–Trinajstić information content (AvgIpc) is 2.37. The summed E-state index contributed by atoms with van der Waals surface area (Å²) in [7, 11) is 0. The van der Waals surface area contributed by atoms with E-state index in [2.05, 4.69) is 0 Å². The molecule has 1 atom stereocenters. The first kappa shape index (κ1) is 14.1. The molecule has 2 aromatic rings. The summed E-state index contributed by atoms with van der Waals surface area (Å²) in [4.78, 5) is 11.3. The summed E-state index contributed by atoms with van der Waals surface area (Å²) in [5.74, 6) is -4.39. The van der Waals surface area contributed by atoms with Gasteiger partial charge in [0.1, 0.15) is 17.5 Å². The van der Waals surface area contributed by atoms with Gasteiger partial charge in [-0.05, 0) is 35.7 Å². The van der Waals surface area contributed by atoms with Gasteiger partial charge in [0.05, 0.1) is 5.92 Å². The summed E-state index contributed by atoms with van der Waals surface area (Å²) in [6, 6.07) is 8.09. The molecule has 0 saturated carbocycles. The molecule has 0 aromatic heterocycles. The second kappa shape index (κ2) is 5.77. The molecule has 0 saturated heterocycles. The number of hydrogen-bond donors (Lipinski definition) is 1. The number of halogens is 3. The van der Waals surface area contributed by atoms with Crippen LogP contribution in [0.25, 0.3) is 0 Å². The Morgan fingerprint density at radius 3 is 2.35 bits per heavy atom. The van der Waals surface area contributed by atoms with E-state index in [1.807, 2.05) is 0 Å². The van der Waals surface area contributed by atoms with E-state index in [0.29, 0.717) is 6.07 Å². The Bertz CT molecular complexity index is 641. The van der Waals surface area contributed by atoms with E-state index in [1.54, 1.807) is 0 Å². The van der Waals surface area contributed by atoms with Crippen molar-refractivity contribution >= 4 is 5.97 Å². The van der Waals surface area contributed by atoms with Crippen molar-refractivity contribution in [1.82, 2.24) is 0 Å². The van der Waals surface area contributed by atoms with Crippen LogP contribution in [0.3, 0.4) is 0 Å². The highest BCUT2D eigenvalue weighted by Crippen LogP contribution is 2.24. The smallest absolute Gasteiger partial charge is 0.311 e. The monoisotopic (exact) mass is 280 g/mol. The first-order valence-corrected chi connectivity index (χ1v) is 5.89. The summed E-state index contributed by atoms with van der Waals surface area (Å²) >= 11 is 0. The van der Waals surface area contributed by atoms with Crippen molar-refractivity contribution in [2.24, 2.45) is 0 Å². The summed E-state index contributed by atoms with van der Waals surface area (Å²) in [5, 5.41) is 9.21. The molecule has 0 fully saturated rings. The molecule has 0 radical (unpaired) electrons. The normalized spacial score (nSPS) is 12.2. The van der Waals surface area contributed by atoms with Crippen LogP contribution in [0, 0.1) is 17.5 Å². The maximum Gasteiger partial charge on any atom is 0.311 e. The van der Waals surface area contributed by atoms with Crippen molar-refractivity contribution in [3.8, 4) is 0 Å². The summed E-state index contributed by atoms with van der Waals surface area (Å²) in [6.07, 6.45) is -0.176. The highest BCUT2D eigenvalue weighted by molar-refractivity contribution is 5.76. The molecule has 2 rings (SSSR count). The van der Waals surface area contributed by atoms with E-state index in [1.165, 1.54) is 24.3 Å². The molecule has 20 heavy (non-hydrogen) atoms. The van der Waals surface area contributed by atoms with Gasteiger partial charge in [0.25, 0.3) is 0 Å². The number of carbonyl (C=O) groups is 1. The molecular weight excluding hydrogens is 269 g/mol. The van der Waals surface area contributed by atoms with E-state index < -0.39 is 29.3 Å². The van der Waals surface area contributed by atoms with Crippen LogP contribution < -0.4 is 0 Å². The molecule has 0 bridgehead atoms. The molecule has 2 aromatic carbocycles. The molecule has 0 aliphatic carbocycles. The topological polar surface area (TPSA) is 37.3 Å². The van der Waals surface area contributed by atoms with E-state index >= 15 is 0 Å². The van der Waals surface area contributed by atoms with E-state index in [-0.39, 0.29) is 17.5 Å². The SMILES string of the molecule is O=C(O)C(Cc1ccc(F)cc1F)c1cccc(F)c1. The van der Waals surface area contributed by atoms with Crippen LogP contribution in [0.1, 0.15) is 17.0 Å². The van der Waals surface area contributed by atoms with Gasteiger partial charge in [-0.3, -0.25) is 4.79 Å². The Kier molecular flexibility index (Phi) is 4.08. The molecule has 0 spiro atoms. The average molecular weight is 280 g/mol. The minimum absolute atomic E-state index is 0.0723. The maximum atomic E-state index is 13.6. The van der Waals surface area contributed by atoms with Crippen LogP contribution in [-0.2, 0) is 11.2 Å². The number of rotatable bonds is 4. The zero-order chi connectivity index (χ0) is 14.7. The fourth-order valence-corrected chi connectivity index (χ4v) is 1.98. The zero-order valence-corrected chi connectivity index (χ0v) is 10.3. The van der Waals surface area contributed by atoms with Gasteiger partial charge in [-0.1, -0.05) is 18.2 Å². The van der Waals surface area contributed by atoms with Gasteiger partial charge in [-0.2, -0.15) is 0 Å². The highest BCUT2D eigenvalue weighted by Gasteiger charge is 2.22. The standard InChI is InChI=1S/C15H11F3O2/c16-11-3-1-2-9(6-11)13(15(19)20)7-10-4-5-12(17)8-14(10)18/h1-6,8,13H,7H2,(H,19,20). The third-order valence-corrected chi connectivity index (χ3v) is 2.99. The maximum absolute atomic E-state index is 13.6. The Morgan fingerprint density at radius 1 is 1.05 bits per heavy atom. The van der Waals surface area contributed by atoms with Crippen molar-refractivity contribution in [3.63, 3.8) is 0 Å². The van der Waals surface area contributed by atoms with Crippen LogP contribution in [0.2, 0.25) is 0 Å². The van der Waals surface area contributed by atoms with E-state index in [0.717, 1.165) is 12.1 Å². The lowest BCUT2D eigenvalue weighted by Crippen LogP contribution is -2.15. The predicted octanol–water partition coefficient (Wildman–Crippen LogP) is 3.51. The van der Waals surface area contributed by atoms with Crippen molar-refractivity contribution in [2.75, 3.05) is 0 Å². The molecule has 2 nitrogen and oxygen atoms in total. The first-order valence-electron chi connectivity index (χ1n) is 5.89. The molecule has 0 aliphatic rings. The summed E-state index contributed by atoms with van der Waals surface area (Å²) in [5.41, 5.74) is 0.310. The Labute approximate surface area is 113 Å². The van der Waals surface area contributed by atoms with Crippen LogP contribution in [0.4, 0.5) is 13.2 Å². The molecule has 5 heteroatoms. The Morgan fingerprint density at radius 2 is 1.75 bits per heavy atom. The number of benzene rings is 2. The lowest BCUT2D eigenvalue weighted by atomic mass is 9.92. The molecule has 104 valence electrons. The van der Waals surface area contributed by atoms with Crippen LogP contribution in [0.5, 0.6) is 0 Å². The fourth-order valence-electron chi connectivity index (χ4n) is 1.98. The number of aliphatic carboxylic acids is 1. The van der Waals surface area contributed by atoms with Gasteiger partial charge in [0.15, 0.2) is 0 Å². The lowest BCUT2D eigenvalue weighted by Gasteiger charge is -2.13. The quantitative estimate of drug-likeness (QED) is 0.930. The Hall–Kier alpha value is -2.30. The van der Waals surface area contributed by atoms with Gasteiger partial charge in [-0.25, -0.2) is 13.2 Å². The molecule has 0 amide bonds. The van der Waals surface area contributed by atoms with Gasteiger partial charge < -0.3 is 5.11 Å². The zero-order valence-electron chi connectivity index (χ0n) is 10.3. The van der Waals surface area contributed by atoms with E-state index in [4.69, 9.17) is 0 Å². The number of carboxylic acids is 1. The highest BCUT2D eigenvalue weighted by atomic mass is 19.1.